The fourth-order valence-corrected chi connectivity index (χ4v) is 5.85. The molecule has 4 heterocycles. The summed E-state index contributed by atoms with van der Waals surface area (Å²) in [6.45, 7) is 10.2. The fraction of sp³-hybridized carbons (Fsp3) is 0.379. The number of nitrogens with one attached hydrogen (secondary N) is 3. The lowest BCUT2D eigenvalue weighted by molar-refractivity contribution is 0.262. The van der Waals surface area contributed by atoms with Crippen LogP contribution in [0.25, 0.3) is 26.6 Å². The van der Waals surface area contributed by atoms with Crippen LogP contribution in [-0.4, -0.2) is 51.2 Å². The van der Waals surface area contributed by atoms with Gasteiger partial charge in [0.2, 0.25) is 0 Å². The highest BCUT2D eigenvalue weighted by Crippen LogP contribution is 2.37. The summed E-state index contributed by atoms with van der Waals surface area (Å²) in [6.07, 6.45) is 4.47. The van der Waals surface area contributed by atoms with Gasteiger partial charge in [-0.3, -0.25) is 9.72 Å². The molecule has 3 N–H and O–H groups in total. The summed E-state index contributed by atoms with van der Waals surface area (Å²) in [6, 6.07) is 13.2. The van der Waals surface area contributed by atoms with Crippen molar-refractivity contribution in [2.75, 3.05) is 35.7 Å². The van der Waals surface area contributed by atoms with E-state index in [0.717, 1.165) is 45.5 Å². The molecular formula is C29H34N8O2S. The monoisotopic (exact) mass is 558 g/mol. The maximum Gasteiger partial charge on any atom is 0.324 e. The van der Waals surface area contributed by atoms with E-state index in [9.17, 15) is 4.79 Å². The molecule has 1 saturated carbocycles. The second-order valence-electron chi connectivity index (χ2n) is 11.5. The summed E-state index contributed by atoms with van der Waals surface area (Å²) in [5, 5.41) is 13.1. The van der Waals surface area contributed by atoms with Gasteiger partial charge in [0.25, 0.3) is 0 Å². The lowest BCUT2D eigenvalue weighted by Crippen LogP contribution is -2.41. The number of aromatic nitrogens is 4. The Labute approximate surface area is 236 Å². The molecule has 1 aliphatic rings. The first kappa shape index (κ1) is 26.3. The minimum absolute atomic E-state index is 0.186. The molecule has 0 atom stereocenters. The minimum atomic E-state index is -0.387. The quantitative estimate of drug-likeness (QED) is 0.210. The normalized spacial score (nSPS) is 14.5. The van der Waals surface area contributed by atoms with Gasteiger partial charge in [-0.15, -0.1) is 0 Å². The first-order chi connectivity index (χ1) is 19.1. The molecule has 0 saturated heterocycles. The van der Waals surface area contributed by atoms with Gasteiger partial charge in [0.05, 0.1) is 11.2 Å². The summed E-state index contributed by atoms with van der Waals surface area (Å²) < 4.78 is 7.42. The number of fused-ring (bicyclic) bond motifs is 3. The number of nitrogens with zero attached hydrogens (tertiary/aromatic N) is 5. The number of benzene rings is 1. The van der Waals surface area contributed by atoms with Crippen molar-refractivity contribution in [3.63, 3.8) is 0 Å². The fourth-order valence-electron chi connectivity index (χ4n) is 4.87. The molecule has 1 aromatic carbocycles. The van der Waals surface area contributed by atoms with E-state index in [1.54, 1.807) is 17.4 Å². The SMILES string of the molecule is CCNC1(CN(C)c2ccc3c(n2)sc2nc(-c4ccc(NC(=O)Nc5cc(C(C)(C)C)on5)cc4)cn23)CC1. The van der Waals surface area contributed by atoms with Gasteiger partial charge >= 0.3 is 6.03 Å². The summed E-state index contributed by atoms with van der Waals surface area (Å²) in [4.78, 5) is 26.3. The number of hydrogen-bond acceptors (Lipinski definition) is 8. The second kappa shape index (κ2) is 9.90. The molecule has 4 aromatic heterocycles. The van der Waals surface area contributed by atoms with E-state index in [1.165, 1.54) is 12.8 Å². The van der Waals surface area contributed by atoms with Crippen LogP contribution in [0.3, 0.4) is 0 Å². The maximum absolute atomic E-state index is 12.4. The van der Waals surface area contributed by atoms with Crippen LogP contribution in [0.5, 0.6) is 0 Å². The number of pyridine rings is 1. The topological polar surface area (TPSA) is 113 Å². The van der Waals surface area contributed by atoms with Gasteiger partial charge in [0, 0.05) is 48.1 Å². The Morgan fingerprint density at radius 3 is 2.58 bits per heavy atom. The summed E-state index contributed by atoms with van der Waals surface area (Å²) in [5.41, 5.74) is 3.58. The zero-order chi connectivity index (χ0) is 28.1. The van der Waals surface area contributed by atoms with Crippen molar-refractivity contribution >= 4 is 50.0 Å². The van der Waals surface area contributed by atoms with Crippen molar-refractivity contribution in [2.24, 2.45) is 0 Å². The molecular weight excluding hydrogens is 524 g/mol. The first-order valence-corrected chi connectivity index (χ1v) is 14.3. The average molecular weight is 559 g/mol. The van der Waals surface area contributed by atoms with E-state index in [1.807, 2.05) is 51.2 Å². The van der Waals surface area contributed by atoms with Crippen molar-refractivity contribution in [3.8, 4) is 11.3 Å². The van der Waals surface area contributed by atoms with Crippen molar-refractivity contribution in [3.05, 3.63) is 54.4 Å². The lowest BCUT2D eigenvalue weighted by Gasteiger charge is -2.25. The summed E-state index contributed by atoms with van der Waals surface area (Å²) in [5.74, 6) is 2.06. The number of rotatable bonds is 8. The molecule has 1 fully saturated rings. The van der Waals surface area contributed by atoms with Gasteiger partial charge in [-0.2, -0.15) is 0 Å². The number of carbonyl (C=O) groups is 1. The average Bonchev–Trinajstić information content (AvgIpc) is 3.22. The van der Waals surface area contributed by atoms with E-state index in [0.29, 0.717) is 17.3 Å². The Morgan fingerprint density at radius 1 is 1.12 bits per heavy atom. The number of carbonyl (C=O) groups excluding carboxylic acids is 1. The van der Waals surface area contributed by atoms with Crippen LogP contribution >= 0.6 is 11.3 Å². The number of likely N-dealkylation sites (N-methyl/N-ethyl adjacent to an activating group) is 2. The van der Waals surface area contributed by atoms with Gasteiger partial charge in [-0.25, -0.2) is 14.8 Å². The molecule has 5 aromatic rings. The molecule has 0 bridgehead atoms. The Kier molecular flexibility index (Phi) is 6.50. The molecule has 208 valence electrons. The van der Waals surface area contributed by atoms with E-state index >= 15 is 0 Å². The zero-order valence-corrected chi connectivity index (χ0v) is 24.2. The van der Waals surface area contributed by atoms with Crippen LogP contribution in [0.1, 0.15) is 46.3 Å². The summed E-state index contributed by atoms with van der Waals surface area (Å²) >= 11 is 1.59. The Bertz CT molecular complexity index is 1670. The molecule has 0 unspecified atom stereocenters. The smallest absolute Gasteiger partial charge is 0.324 e. The van der Waals surface area contributed by atoms with Crippen LogP contribution in [0, 0.1) is 0 Å². The van der Waals surface area contributed by atoms with Crippen LogP contribution < -0.4 is 20.9 Å². The zero-order valence-electron chi connectivity index (χ0n) is 23.4. The highest BCUT2D eigenvalue weighted by atomic mass is 32.1. The predicted octanol–water partition coefficient (Wildman–Crippen LogP) is 6.12. The van der Waals surface area contributed by atoms with Crippen LogP contribution in [0.4, 0.5) is 22.1 Å². The van der Waals surface area contributed by atoms with Gasteiger partial charge < -0.3 is 20.1 Å². The van der Waals surface area contributed by atoms with Crippen molar-refractivity contribution < 1.29 is 9.32 Å². The lowest BCUT2D eigenvalue weighted by atomic mass is 9.93. The Morgan fingerprint density at radius 2 is 1.90 bits per heavy atom. The third-order valence-electron chi connectivity index (χ3n) is 7.21. The van der Waals surface area contributed by atoms with Gasteiger partial charge in [-0.1, -0.05) is 56.3 Å². The van der Waals surface area contributed by atoms with Crippen molar-refractivity contribution in [1.82, 2.24) is 24.8 Å². The summed E-state index contributed by atoms with van der Waals surface area (Å²) in [7, 11) is 2.11. The maximum atomic E-state index is 12.4. The van der Waals surface area contributed by atoms with E-state index in [2.05, 4.69) is 56.5 Å². The first-order valence-electron chi connectivity index (χ1n) is 13.5. The van der Waals surface area contributed by atoms with Crippen molar-refractivity contribution in [2.45, 2.75) is 51.5 Å². The molecule has 0 spiro atoms. The standard InChI is InChI=1S/C29H34N8O2S/c1-6-30-29(13-14-29)17-36(5)24-12-11-21-25(34-24)40-27-32-20(16-37(21)27)18-7-9-19(10-8-18)31-26(38)33-23-15-22(39-35-23)28(2,3)4/h7-12,15-16,30H,6,13-14,17H2,1-5H3,(H2,31,33,35,38). The van der Waals surface area contributed by atoms with E-state index < -0.39 is 0 Å². The minimum Gasteiger partial charge on any atom is -0.359 e. The molecule has 6 rings (SSSR count). The molecule has 0 radical (unpaired) electrons. The second-order valence-corrected chi connectivity index (χ2v) is 12.5. The molecule has 10 nitrogen and oxygen atoms in total. The third-order valence-corrected chi connectivity index (χ3v) is 8.18. The Balaban J connectivity index is 1.13. The van der Waals surface area contributed by atoms with Crippen molar-refractivity contribution in [1.29, 1.82) is 0 Å². The molecule has 1 aliphatic carbocycles. The predicted molar refractivity (Wildman–Crippen MR) is 161 cm³/mol. The van der Waals surface area contributed by atoms with Crippen LogP contribution in [-0.2, 0) is 5.41 Å². The van der Waals surface area contributed by atoms with E-state index in [4.69, 9.17) is 14.5 Å². The molecule has 2 amide bonds. The third kappa shape index (κ3) is 5.26. The highest BCUT2D eigenvalue weighted by Gasteiger charge is 2.42. The largest absolute Gasteiger partial charge is 0.359 e. The number of thiazole rings is 1. The molecule has 40 heavy (non-hydrogen) atoms. The van der Waals surface area contributed by atoms with Gasteiger partial charge in [-0.05, 0) is 43.7 Å². The van der Waals surface area contributed by atoms with Gasteiger partial charge in [0.15, 0.2) is 10.8 Å². The Hall–Kier alpha value is -3.96. The number of anilines is 3. The number of urea groups is 1. The molecule has 0 aliphatic heterocycles. The number of hydrogen-bond donors (Lipinski definition) is 3. The van der Waals surface area contributed by atoms with Crippen LogP contribution in [0.15, 0.2) is 53.2 Å². The van der Waals surface area contributed by atoms with Gasteiger partial charge in [0.1, 0.15) is 16.4 Å². The van der Waals surface area contributed by atoms with E-state index in [-0.39, 0.29) is 17.0 Å². The highest BCUT2D eigenvalue weighted by molar-refractivity contribution is 7.23. The van der Waals surface area contributed by atoms with Crippen LogP contribution in [0.2, 0.25) is 0 Å². The number of imidazole rings is 1. The molecule has 11 heteroatoms. The number of amides is 2.